The lowest BCUT2D eigenvalue weighted by molar-refractivity contribution is 0.368. The fourth-order valence-corrected chi connectivity index (χ4v) is 0.859. The zero-order chi connectivity index (χ0) is 7.68. The number of rotatable bonds is 3. The zero-order valence-electron chi connectivity index (χ0n) is 6.08. The lowest BCUT2D eigenvalue weighted by Crippen LogP contribution is -2.15. The minimum Gasteiger partial charge on any atom is -0.365 e. The minimum atomic E-state index is 0.206. The van der Waals surface area contributed by atoms with Crippen molar-refractivity contribution in [1.29, 1.82) is 0 Å². The van der Waals surface area contributed by atoms with Crippen LogP contribution in [-0.4, -0.2) is 16.2 Å². The maximum Gasteiger partial charge on any atom is 0.260 e. The molecular weight excluding hydrogens is 144 g/mol. The van der Waals surface area contributed by atoms with Gasteiger partial charge in [-0.3, -0.25) is 0 Å². The van der Waals surface area contributed by atoms with E-state index >= 15 is 0 Å². The standard InChI is InChI=1S/C6H10N4O/c7-6-9-5(11-10-6)3-8-4-1-2-4/h4,8H,1-3H2,(H2,7,10). The number of hydrogen-bond donors (Lipinski definition) is 2. The van der Waals surface area contributed by atoms with E-state index in [1.807, 2.05) is 0 Å². The number of nitrogens with one attached hydrogen (secondary N) is 1. The van der Waals surface area contributed by atoms with Crippen LogP contribution >= 0.6 is 0 Å². The number of nitrogens with zero attached hydrogens (tertiary/aromatic N) is 2. The molecule has 3 N–H and O–H groups in total. The summed E-state index contributed by atoms with van der Waals surface area (Å²) in [4.78, 5) is 3.85. The van der Waals surface area contributed by atoms with E-state index in [1.54, 1.807) is 0 Å². The van der Waals surface area contributed by atoms with Crippen LogP contribution < -0.4 is 11.1 Å². The van der Waals surface area contributed by atoms with Crippen LogP contribution in [0.25, 0.3) is 0 Å². The molecular formula is C6H10N4O. The Hall–Kier alpha value is -1.10. The van der Waals surface area contributed by atoms with Crippen LogP contribution in [-0.2, 0) is 6.54 Å². The lowest BCUT2D eigenvalue weighted by atomic mass is 10.6. The Labute approximate surface area is 64.0 Å². The molecule has 1 fully saturated rings. The molecule has 0 atom stereocenters. The lowest BCUT2D eigenvalue weighted by Gasteiger charge is -1.93. The van der Waals surface area contributed by atoms with E-state index in [4.69, 9.17) is 10.3 Å². The summed E-state index contributed by atoms with van der Waals surface area (Å²) in [7, 11) is 0. The smallest absolute Gasteiger partial charge is 0.260 e. The number of nitrogen functional groups attached to an aromatic ring is 1. The molecule has 11 heavy (non-hydrogen) atoms. The van der Waals surface area contributed by atoms with Crippen LogP contribution in [0.5, 0.6) is 0 Å². The highest BCUT2D eigenvalue weighted by Gasteiger charge is 2.20. The minimum absolute atomic E-state index is 0.206. The number of hydrogen-bond acceptors (Lipinski definition) is 5. The van der Waals surface area contributed by atoms with E-state index in [9.17, 15) is 0 Å². The van der Waals surface area contributed by atoms with Crippen molar-refractivity contribution >= 4 is 5.95 Å². The van der Waals surface area contributed by atoms with E-state index in [0.29, 0.717) is 18.5 Å². The summed E-state index contributed by atoms with van der Waals surface area (Å²) in [5, 5.41) is 6.70. The molecule has 0 unspecified atom stereocenters. The molecule has 0 bridgehead atoms. The summed E-state index contributed by atoms with van der Waals surface area (Å²) in [5.41, 5.74) is 5.26. The Morgan fingerprint density at radius 3 is 3.00 bits per heavy atom. The Balaban J connectivity index is 1.85. The topological polar surface area (TPSA) is 77.0 Å². The van der Waals surface area contributed by atoms with Gasteiger partial charge >= 0.3 is 0 Å². The fraction of sp³-hybridized carbons (Fsp3) is 0.667. The molecule has 2 rings (SSSR count). The molecule has 0 saturated heterocycles. The quantitative estimate of drug-likeness (QED) is 0.636. The van der Waals surface area contributed by atoms with Crippen molar-refractivity contribution in [3.05, 3.63) is 5.89 Å². The molecule has 1 aliphatic carbocycles. The molecule has 1 heterocycles. The van der Waals surface area contributed by atoms with E-state index in [2.05, 4.69) is 15.5 Å². The summed E-state index contributed by atoms with van der Waals surface area (Å²) >= 11 is 0. The molecule has 1 saturated carbocycles. The van der Waals surface area contributed by atoms with Gasteiger partial charge in [-0.25, -0.2) is 0 Å². The van der Waals surface area contributed by atoms with E-state index < -0.39 is 0 Å². The monoisotopic (exact) mass is 154 g/mol. The predicted octanol–water partition coefficient (Wildman–Crippen LogP) is -0.0962. The maximum absolute atomic E-state index is 5.26. The summed E-state index contributed by atoms with van der Waals surface area (Å²) in [6.45, 7) is 0.634. The molecule has 0 amide bonds. The molecule has 5 nitrogen and oxygen atoms in total. The predicted molar refractivity (Wildman–Crippen MR) is 38.6 cm³/mol. The molecule has 0 aromatic carbocycles. The first-order chi connectivity index (χ1) is 5.34. The second-order valence-corrected chi connectivity index (χ2v) is 2.70. The molecule has 1 aromatic rings. The highest BCUT2D eigenvalue weighted by molar-refractivity contribution is 5.10. The second-order valence-electron chi connectivity index (χ2n) is 2.70. The first kappa shape index (κ1) is 6.60. The third-order valence-corrected chi connectivity index (χ3v) is 1.60. The van der Waals surface area contributed by atoms with Crippen LogP contribution in [0.2, 0.25) is 0 Å². The largest absolute Gasteiger partial charge is 0.365 e. The van der Waals surface area contributed by atoms with E-state index in [1.165, 1.54) is 12.8 Å². The molecule has 1 aliphatic rings. The van der Waals surface area contributed by atoms with Crippen molar-refractivity contribution in [3.63, 3.8) is 0 Å². The van der Waals surface area contributed by atoms with E-state index in [-0.39, 0.29) is 5.95 Å². The third kappa shape index (κ3) is 1.68. The second kappa shape index (κ2) is 2.50. The first-order valence-corrected chi connectivity index (χ1v) is 3.66. The molecule has 1 aromatic heterocycles. The van der Waals surface area contributed by atoms with Crippen molar-refractivity contribution in [2.24, 2.45) is 0 Å². The average molecular weight is 154 g/mol. The Morgan fingerprint density at radius 1 is 1.64 bits per heavy atom. The van der Waals surface area contributed by atoms with Gasteiger partial charge in [0, 0.05) is 6.04 Å². The van der Waals surface area contributed by atoms with Crippen LogP contribution in [0, 0.1) is 0 Å². The van der Waals surface area contributed by atoms with Crippen molar-refractivity contribution in [2.45, 2.75) is 25.4 Å². The van der Waals surface area contributed by atoms with Gasteiger partial charge in [-0.15, -0.1) is 0 Å². The van der Waals surface area contributed by atoms with Crippen molar-refractivity contribution in [3.8, 4) is 0 Å². The summed E-state index contributed by atoms with van der Waals surface area (Å²) in [6, 6.07) is 0.656. The van der Waals surface area contributed by atoms with E-state index in [0.717, 1.165) is 0 Å². The van der Waals surface area contributed by atoms with Crippen molar-refractivity contribution in [1.82, 2.24) is 15.5 Å². The Bertz CT molecular complexity index is 242. The molecule has 60 valence electrons. The Kier molecular flexibility index (Phi) is 1.50. The summed E-state index contributed by atoms with van der Waals surface area (Å²) in [5.74, 6) is 0.770. The van der Waals surface area contributed by atoms with Gasteiger partial charge in [0.05, 0.1) is 6.54 Å². The van der Waals surface area contributed by atoms with Crippen molar-refractivity contribution in [2.75, 3.05) is 5.73 Å². The van der Waals surface area contributed by atoms with Gasteiger partial charge < -0.3 is 15.6 Å². The molecule has 0 spiro atoms. The Morgan fingerprint density at radius 2 is 2.45 bits per heavy atom. The number of nitrogens with two attached hydrogens (primary N) is 1. The fourth-order valence-electron chi connectivity index (χ4n) is 0.859. The average Bonchev–Trinajstić information content (AvgIpc) is 2.72. The SMILES string of the molecule is Nc1noc(CNC2CC2)n1. The van der Waals surface area contributed by atoms with Crippen LogP contribution in [0.15, 0.2) is 4.52 Å². The zero-order valence-corrected chi connectivity index (χ0v) is 6.08. The van der Waals surface area contributed by atoms with Gasteiger partial charge in [-0.1, -0.05) is 0 Å². The molecule has 0 radical (unpaired) electrons. The summed E-state index contributed by atoms with van der Waals surface area (Å²) < 4.78 is 4.79. The first-order valence-electron chi connectivity index (χ1n) is 3.66. The number of anilines is 1. The molecule has 5 heteroatoms. The van der Waals surface area contributed by atoms with Gasteiger partial charge in [-0.05, 0) is 18.0 Å². The highest BCUT2D eigenvalue weighted by Crippen LogP contribution is 2.18. The van der Waals surface area contributed by atoms with Crippen molar-refractivity contribution < 1.29 is 4.52 Å². The van der Waals surface area contributed by atoms with Gasteiger partial charge in [0.25, 0.3) is 5.95 Å². The number of aromatic nitrogens is 2. The van der Waals surface area contributed by atoms with Crippen LogP contribution in [0.1, 0.15) is 18.7 Å². The highest BCUT2D eigenvalue weighted by atomic mass is 16.5. The van der Waals surface area contributed by atoms with Gasteiger partial charge in [0.1, 0.15) is 0 Å². The maximum atomic E-state index is 5.26. The summed E-state index contributed by atoms with van der Waals surface area (Å²) in [6.07, 6.45) is 2.51. The molecule has 0 aliphatic heterocycles. The third-order valence-electron chi connectivity index (χ3n) is 1.60. The normalized spacial score (nSPS) is 17.1. The van der Waals surface area contributed by atoms with Gasteiger partial charge in [-0.2, -0.15) is 4.98 Å². The van der Waals surface area contributed by atoms with Gasteiger partial charge in [0.2, 0.25) is 5.89 Å². The van der Waals surface area contributed by atoms with Crippen LogP contribution in [0.3, 0.4) is 0 Å². The van der Waals surface area contributed by atoms with Crippen LogP contribution in [0.4, 0.5) is 5.95 Å². The van der Waals surface area contributed by atoms with Gasteiger partial charge in [0.15, 0.2) is 0 Å².